The molecule has 1 atom stereocenters. The SMILES string of the molecule is CCC1CCc2nc(CNCC3CC3)sc2C1. The monoisotopic (exact) mass is 250 g/mol. The molecule has 94 valence electrons. The molecule has 0 aliphatic heterocycles. The van der Waals surface area contributed by atoms with Gasteiger partial charge < -0.3 is 5.32 Å². The van der Waals surface area contributed by atoms with Crippen LogP contribution in [0.5, 0.6) is 0 Å². The average Bonchev–Trinajstić information content (AvgIpc) is 3.07. The zero-order valence-electron chi connectivity index (χ0n) is 10.7. The quantitative estimate of drug-likeness (QED) is 0.868. The Hall–Kier alpha value is -0.410. The van der Waals surface area contributed by atoms with E-state index >= 15 is 0 Å². The molecule has 1 heterocycles. The van der Waals surface area contributed by atoms with Crippen molar-refractivity contribution in [3.05, 3.63) is 15.6 Å². The highest BCUT2D eigenvalue weighted by atomic mass is 32.1. The van der Waals surface area contributed by atoms with Crippen molar-refractivity contribution >= 4 is 11.3 Å². The minimum atomic E-state index is 0.912. The van der Waals surface area contributed by atoms with Gasteiger partial charge in [0.25, 0.3) is 0 Å². The van der Waals surface area contributed by atoms with Gasteiger partial charge in [-0.2, -0.15) is 0 Å². The Labute approximate surface area is 108 Å². The van der Waals surface area contributed by atoms with E-state index in [0.29, 0.717) is 0 Å². The summed E-state index contributed by atoms with van der Waals surface area (Å²) < 4.78 is 0. The molecule has 17 heavy (non-hydrogen) atoms. The van der Waals surface area contributed by atoms with Gasteiger partial charge in [-0.25, -0.2) is 4.98 Å². The average molecular weight is 250 g/mol. The molecule has 3 heteroatoms. The van der Waals surface area contributed by atoms with Gasteiger partial charge in [0, 0.05) is 11.4 Å². The highest BCUT2D eigenvalue weighted by Crippen LogP contribution is 2.31. The van der Waals surface area contributed by atoms with Gasteiger partial charge >= 0.3 is 0 Å². The summed E-state index contributed by atoms with van der Waals surface area (Å²) in [4.78, 5) is 6.37. The number of rotatable bonds is 5. The lowest BCUT2D eigenvalue weighted by Crippen LogP contribution is -2.16. The first kappa shape index (κ1) is 11.7. The predicted octanol–water partition coefficient (Wildman–Crippen LogP) is 3.16. The van der Waals surface area contributed by atoms with Crippen LogP contribution in [0.15, 0.2) is 0 Å². The number of nitrogens with zero attached hydrogens (tertiary/aromatic N) is 1. The molecular formula is C14H22N2S. The van der Waals surface area contributed by atoms with Crippen LogP contribution >= 0.6 is 11.3 Å². The Morgan fingerprint density at radius 1 is 1.29 bits per heavy atom. The van der Waals surface area contributed by atoms with Crippen LogP contribution in [-0.4, -0.2) is 11.5 Å². The molecule has 0 amide bonds. The topological polar surface area (TPSA) is 24.9 Å². The molecule has 1 unspecified atom stereocenters. The highest BCUT2D eigenvalue weighted by Gasteiger charge is 2.22. The molecule has 0 spiro atoms. The normalized spacial score (nSPS) is 23.7. The minimum Gasteiger partial charge on any atom is -0.310 e. The van der Waals surface area contributed by atoms with Crippen LogP contribution in [0, 0.1) is 11.8 Å². The summed E-state index contributed by atoms with van der Waals surface area (Å²) in [6.07, 6.45) is 8.03. The molecule has 0 saturated heterocycles. The van der Waals surface area contributed by atoms with E-state index in [1.807, 2.05) is 11.3 Å². The molecule has 3 rings (SSSR count). The van der Waals surface area contributed by atoms with Gasteiger partial charge in [0.1, 0.15) is 5.01 Å². The van der Waals surface area contributed by atoms with Crippen LogP contribution in [0.4, 0.5) is 0 Å². The molecule has 1 fully saturated rings. The largest absolute Gasteiger partial charge is 0.310 e. The fraction of sp³-hybridized carbons (Fsp3) is 0.786. The van der Waals surface area contributed by atoms with E-state index in [1.165, 1.54) is 55.8 Å². The Bertz CT molecular complexity index is 382. The molecule has 2 aliphatic rings. The summed E-state index contributed by atoms with van der Waals surface area (Å²) in [5.74, 6) is 1.88. The Kier molecular flexibility index (Phi) is 3.48. The van der Waals surface area contributed by atoms with Gasteiger partial charge in [-0.3, -0.25) is 0 Å². The van der Waals surface area contributed by atoms with Gasteiger partial charge in [-0.05, 0) is 50.5 Å². The zero-order valence-corrected chi connectivity index (χ0v) is 11.5. The molecule has 2 aliphatic carbocycles. The molecule has 0 bridgehead atoms. The smallest absolute Gasteiger partial charge is 0.107 e. The molecule has 0 radical (unpaired) electrons. The number of fused-ring (bicyclic) bond motifs is 1. The number of nitrogens with one attached hydrogen (secondary N) is 1. The van der Waals surface area contributed by atoms with Crippen molar-refractivity contribution in [3.8, 4) is 0 Å². The predicted molar refractivity (Wildman–Crippen MR) is 72.4 cm³/mol. The molecule has 0 aromatic carbocycles. The van der Waals surface area contributed by atoms with Crippen LogP contribution in [0.3, 0.4) is 0 Å². The zero-order chi connectivity index (χ0) is 11.7. The van der Waals surface area contributed by atoms with Crippen molar-refractivity contribution in [2.45, 2.75) is 52.0 Å². The third-order valence-corrected chi connectivity index (χ3v) is 5.19. The summed E-state index contributed by atoms with van der Waals surface area (Å²) in [5, 5.41) is 4.86. The first-order valence-electron chi connectivity index (χ1n) is 7.03. The van der Waals surface area contributed by atoms with Crippen molar-refractivity contribution in [3.63, 3.8) is 0 Å². The molecule has 2 nitrogen and oxygen atoms in total. The van der Waals surface area contributed by atoms with E-state index in [1.54, 1.807) is 4.88 Å². The molecule has 1 N–H and O–H groups in total. The fourth-order valence-corrected chi connectivity index (χ4v) is 3.83. The van der Waals surface area contributed by atoms with Crippen molar-refractivity contribution in [1.82, 2.24) is 10.3 Å². The minimum absolute atomic E-state index is 0.912. The van der Waals surface area contributed by atoms with E-state index in [0.717, 1.165) is 18.4 Å². The number of hydrogen-bond donors (Lipinski definition) is 1. The van der Waals surface area contributed by atoms with Gasteiger partial charge in [-0.15, -0.1) is 11.3 Å². The summed E-state index contributed by atoms with van der Waals surface area (Å²) in [5.41, 5.74) is 1.41. The Balaban J connectivity index is 1.57. The highest BCUT2D eigenvalue weighted by molar-refractivity contribution is 7.11. The van der Waals surface area contributed by atoms with E-state index in [2.05, 4.69) is 12.2 Å². The summed E-state index contributed by atoms with van der Waals surface area (Å²) in [7, 11) is 0. The molecule has 1 aromatic heterocycles. The van der Waals surface area contributed by atoms with Crippen molar-refractivity contribution in [2.24, 2.45) is 11.8 Å². The van der Waals surface area contributed by atoms with Crippen LogP contribution in [-0.2, 0) is 19.4 Å². The molecule has 1 aromatic rings. The third kappa shape index (κ3) is 2.89. The molecular weight excluding hydrogens is 228 g/mol. The number of aromatic nitrogens is 1. The Morgan fingerprint density at radius 3 is 2.94 bits per heavy atom. The summed E-state index contributed by atoms with van der Waals surface area (Å²) >= 11 is 1.95. The van der Waals surface area contributed by atoms with Crippen LogP contribution in [0.25, 0.3) is 0 Å². The van der Waals surface area contributed by atoms with Crippen molar-refractivity contribution in [1.29, 1.82) is 0 Å². The number of hydrogen-bond acceptors (Lipinski definition) is 3. The van der Waals surface area contributed by atoms with Crippen molar-refractivity contribution < 1.29 is 0 Å². The second kappa shape index (κ2) is 5.07. The molecule has 1 saturated carbocycles. The van der Waals surface area contributed by atoms with Gasteiger partial charge in [0.05, 0.1) is 5.69 Å². The van der Waals surface area contributed by atoms with E-state index in [4.69, 9.17) is 4.98 Å². The van der Waals surface area contributed by atoms with Crippen LogP contribution in [0.2, 0.25) is 0 Å². The standard InChI is InChI=1S/C14H22N2S/c1-2-10-5-6-12-13(7-10)17-14(16-12)9-15-8-11-3-4-11/h10-11,15H,2-9H2,1H3. The second-order valence-electron chi connectivity index (χ2n) is 5.57. The number of thiazole rings is 1. The Morgan fingerprint density at radius 2 is 2.18 bits per heavy atom. The van der Waals surface area contributed by atoms with Crippen LogP contribution in [0.1, 0.15) is 48.2 Å². The van der Waals surface area contributed by atoms with Gasteiger partial charge in [0.2, 0.25) is 0 Å². The maximum Gasteiger partial charge on any atom is 0.107 e. The second-order valence-corrected chi connectivity index (χ2v) is 6.74. The first-order valence-corrected chi connectivity index (χ1v) is 7.85. The lowest BCUT2D eigenvalue weighted by Gasteiger charge is -2.18. The van der Waals surface area contributed by atoms with Gasteiger partial charge in [0.15, 0.2) is 0 Å². The first-order chi connectivity index (χ1) is 8.35. The van der Waals surface area contributed by atoms with Gasteiger partial charge in [-0.1, -0.05) is 13.3 Å². The fourth-order valence-electron chi connectivity index (χ4n) is 2.63. The maximum atomic E-state index is 4.79. The van der Waals surface area contributed by atoms with Crippen LogP contribution < -0.4 is 5.32 Å². The number of aryl methyl sites for hydroxylation is 1. The summed E-state index contributed by atoms with van der Waals surface area (Å²) in [6.45, 7) is 4.50. The van der Waals surface area contributed by atoms with E-state index in [-0.39, 0.29) is 0 Å². The van der Waals surface area contributed by atoms with E-state index in [9.17, 15) is 0 Å². The summed E-state index contributed by atoms with van der Waals surface area (Å²) in [6, 6.07) is 0. The van der Waals surface area contributed by atoms with E-state index < -0.39 is 0 Å². The maximum absolute atomic E-state index is 4.79. The lowest BCUT2D eigenvalue weighted by molar-refractivity contribution is 0.445. The lowest BCUT2D eigenvalue weighted by atomic mass is 9.89. The van der Waals surface area contributed by atoms with Crippen molar-refractivity contribution in [2.75, 3.05) is 6.54 Å². The third-order valence-electron chi connectivity index (χ3n) is 4.07.